The number of hydrogen-bond acceptors (Lipinski definition) is 4. The first-order valence-corrected chi connectivity index (χ1v) is 8.78. The van der Waals surface area contributed by atoms with E-state index in [1.807, 2.05) is 18.2 Å². The molecule has 1 amide bonds. The van der Waals surface area contributed by atoms with Crippen molar-refractivity contribution in [3.8, 4) is 11.5 Å². The maximum absolute atomic E-state index is 11.9. The van der Waals surface area contributed by atoms with Crippen LogP contribution in [0, 0.1) is 5.92 Å². The van der Waals surface area contributed by atoms with Crippen molar-refractivity contribution in [3.05, 3.63) is 29.8 Å². The van der Waals surface area contributed by atoms with Crippen LogP contribution in [0.5, 0.6) is 11.5 Å². The van der Waals surface area contributed by atoms with Gasteiger partial charge < -0.3 is 19.7 Å². The van der Waals surface area contributed by atoms with Crippen LogP contribution in [0.2, 0.25) is 0 Å². The van der Waals surface area contributed by atoms with Gasteiger partial charge in [-0.05, 0) is 49.1 Å². The third kappa shape index (κ3) is 4.74. The normalized spacial score (nSPS) is 21.0. The van der Waals surface area contributed by atoms with Gasteiger partial charge in [-0.2, -0.15) is 0 Å². The molecule has 0 radical (unpaired) electrons. The van der Waals surface area contributed by atoms with Crippen molar-refractivity contribution in [1.82, 2.24) is 10.2 Å². The van der Waals surface area contributed by atoms with E-state index in [2.05, 4.69) is 17.1 Å². The summed E-state index contributed by atoms with van der Waals surface area (Å²) >= 11 is 0. The fourth-order valence-corrected chi connectivity index (χ4v) is 3.22. The Bertz CT molecular complexity index is 600. The standard InChI is InChI=1S/C19H26N2O3/c1-15-3-2-9-21(14-15)10-8-20-19(22)7-5-16-4-6-17-18(13-16)24-12-11-23-17/h4-7,13,15H,2-3,8-12,14H2,1H3,(H,20,22). The first kappa shape index (κ1) is 16.8. The summed E-state index contributed by atoms with van der Waals surface area (Å²) in [5.74, 6) is 2.21. The van der Waals surface area contributed by atoms with Gasteiger partial charge in [0.15, 0.2) is 11.5 Å². The molecule has 0 aliphatic carbocycles. The summed E-state index contributed by atoms with van der Waals surface area (Å²) in [6.07, 6.45) is 5.96. The molecule has 24 heavy (non-hydrogen) atoms. The minimum absolute atomic E-state index is 0.0602. The predicted molar refractivity (Wildman–Crippen MR) is 94.3 cm³/mol. The molecule has 0 aromatic heterocycles. The summed E-state index contributed by atoms with van der Waals surface area (Å²) in [4.78, 5) is 14.4. The van der Waals surface area contributed by atoms with Crippen molar-refractivity contribution in [1.29, 1.82) is 0 Å². The van der Waals surface area contributed by atoms with Crippen LogP contribution < -0.4 is 14.8 Å². The van der Waals surface area contributed by atoms with Crippen LogP contribution in [0.1, 0.15) is 25.3 Å². The number of rotatable bonds is 5. The molecule has 130 valence electrons. The molecule has 1 fully saturated rings. The largest absolute Gasteiger partial charge is 0.486 e. The molecule has 5 heteroatoms. The summed E-state index contributed by atoms with van der Waals surface area (Å²) in [5.41, 5.74) is 0.930. The molecule has 1 aromatic rings. The van der Waals surface area contributed by atoms with Gasteiger partial charge >= 0.3 is 0 Å². The maximum Gasteiger partial charge on any atom is 0.244 e. The van der Waals surface area contributed by atoms with E-state index >= 15 is 0 Å². The number of piperidine rings is 1. The lowest BCUT2D eigenvalue weighted by atomic mass is 10.0. The maximum atomic E-state index is 11.9. The molecular weight excluding hydrogens is 304 g/mol. The van der Waals surface area contributed by atoms with Crippen LogP contribution in [0.15, 0.2) is 24.3 Å². The Hall–Kier alpha value is -2.01. The fraction of sp³-hybridized carbons (Fsp3) is 0.526. The van der Waals surface area contributed by atoms with Gasteiger partial charge in [0.05, 0.1) is 0 Å². The zero-order valence-corrected chi connectivity index (χ0v) is 14.3. The summed E-state index contributed by atoms with van der Waals surface area (Å²) < 4.78 is 11.0. The molecule has 3 rings (SSSR count). The topological polar surface area (TPSA) is 50.8 Å². The minimum Gasteiger partial charge on any atom is -0.486 e. The van der Waals surface area contributed by atoms with Crippen LogP contribution in [-0.2, 0) is 4.79 Å². The van der Waals surface area contributed by atoms with Gasteiger partial charge in [-0.25, -0.2) is 0 Å². The van der Waals surface area contributed by atoms with Crippen molar-refractivity contribution in [2.45, 2.75) is 19.8 Å². The molecule has 1 N–H and O–H groups in total. The first-order chi connectivity index (χ1) is 11.7. The molecule has 2 aliphatic heterocycles. The number of benzene rings is 1. The SMILES string of the molecule is CC1CCCN(CCNC(=O)C=Cc2ccc3c(c2)OCCO3)C1. The van der Waals surface area contributed by atoms with Crippen molar-refractivity contribution in [3.63, 3.8) is 0 Å². The van der Waals surface area contributed by atoms with Crippen molar-refractivity contribution < 1.29 is 14.3 Å². The van der Waals surface area contributed by atoms with E-state index in [-0.39, 0.29) is 5.91 Å². The molecule has 1 aromatic carbocycles. The highest BCUT2D eigenvalue weighted by Crippen LogP contribution is 2.31. The molecule has 1 atom stereocenters. The van der Waals surface area contributed by atoms with E-state index in [0.717, 1.165) is 42.6 Å². The van der Waals surface area contributed by atoms with Gasteiger partial charge in [0.1, 0.15) is 13.2 Å². The Balaban J connectivity index is 1.43. The third-order valence-electron chi connectivity index (χ3n) is 4.46. The number of amides is 1. The number of likely N-dealkylation sites (tertiary alicyclic amines) is 1. The summed E-state index contributed by atoms with van der Waals surface area (Å²) in [6, 6.07) is 5.70. The lowest BCUT2D eigenvalue weighted by molar-refractivity contribution is -0.116. The van der Waals surface area contributed by atoms with Crippen LogP contribution in [-0.4, -0.2) is 50.2 Å². The van der Waals surface area contributed by atoms with Crippen LogP contribution >= 0.6 is 0 Å². The second kappa shape index (κ2) is 8.20. The number of nitrogens with one attached hydrogen (secondary N) is 1. The first-order valence-electron chi connectivity index (χ1n) is 8.78. The predicted octanol–water partition coefficient (Wildman–Crippen LogP) is 2.32. The number of fused-ring (bicyclic) bond motifs is 1. The monoisotopic (exact) mass is 330 g/mol. The van der Waals surface area contributed by atoms with Crippen molar-refractivity contribution in [2.75, 3.05) is 39.4 Å². The van der Waals surface area contributed by atoms with E-state index in [9.17, 15) is 4.79 Å². The van der Waals surface area contributed by atoms with E-state index in [0.29, 0.717) is 19.8 Å². The highest BCUT2D eigenvalue weighted by atomic mass is 16.6. The second-order valence-electron chi connectivity index (χ2n) is 6.58. The Labute approximate surface area is 143 Å². The molecule has 1 saturated heterocycles. The summed E-state index contributed by atoms with van der Waals surface area (Å²) in [5, 5.41) is 2.95. The second-order valence-corrected chi connectivity index (χ2v) is 6.58. The summed E-state index contributed by atoms with van der Waals surface area (Å²) in [7, 11) is 0. The van der Waals surface area contributed by atoms with Gasteiger partial charge in [0, 0.05) is 25.7 Å². The average Bonchev–Trinajstić information content (AvgIpc) is 2.60. The van der Waals surface area contributed by atoms with Crippen molar-refractivity contribution >= 4 is 12.0 Å². The Kier molecular flexibility index (Phi) is 5.75. The highest BCUT2D eigenvalue weighted by molar-refractivity contribution is 5.91. The lowest BCUT2D eigenvalue weighted by Crippen LogP contribution is -2.39. The van der Waals surface area contributed by atoms with Gasteiger partial charge in [0.2, 0.25) is 5.91 Å². The van der Waals surface area contributed by atoms with E-state index < -0.39 is 0 Å². The van der Waals surface area contributed by atoms with Crippen LogP contribution in [0.25, 0.3) is 6.08 Å². The zero-order valence-electron chi connectivity index (χ0n) is 14.3. The number of carbonyl (C=O) groups is 1. The molecule has 2 aliphatic rings. The Morgan fingerprint density at radius 1 is 1.33 bits per heavy atom. The molecular formula is C19H26N2O3. The zero-order chi connectivity index (χ0) is 16.8. The number of ether oxygens (including phenoxy) is 2. The average molecular weight is 330 g/mol. The minimum atomic E-state index is -0.0602. The van der Waals surface area contributed by atoms with Gasteiger partial charge in [0.25, 0.3) is 0 Å². The van der Waals surface area contributed by atoms with E-state index in [1.54, 1.807) is 12.2 Å². The molecule has 2 heterocycles. The summed E-state index contributed by atoms with van der Waals surface area (Å²) in [6.45, 7) is 7.35. The van der Waals surface area contributed by atoms with Gasteiger partial charge in [-0.15, -0.1) is 0 Å². The van der Waals surface area contributed by atoms with E-state index in [4.69, 9.17) is 9.47 Å². The number of hydrogen-bond donors (Lipinski definition) is 1. The Morgan fingerprint density at radius 3 is 3.00 bits per heavy atom. The fourth-order valence-electron chi connectivity index (χ4n) is 3.22. The smallest absolute Gasteiger partial charge is 0.244 e. The van der Waals surface area contributed by atoms with Crippen LogP contribution in [0.4, 0.5) is 0 Å². The molecule has 0 spiro atoms. The lowest BCUT2D eigenvalue weighted by Gasteiger charge is -2.30. The molecule has 1 unspecified atom stereocenters. The Morgan fingerprint density at radius 2 is 2.17 bits per heavy atom. The number of nitrogens with zero attached hydrogens (tertiary/aromatic N) is 1. The van der Waals surface area contributed by atoms with Crippen LogP contribution in [0.3, 0.4) is 0 Å². The van der Waals surface area contributed by atoms with E-state index in [1.165, 1.54) is 12.8 Å². The quantitative estimate of drug-likeness (QED) is 0.842. The molecule has 0 bridgehead atoms. The van der Waals surface area contributed by atoms with Gasteiger partial charge in [-0.1, -0.05) is 13.0 Å². The molecule has 5 nitrogen and oxygen atoms in total. The third-order valence-corrected chi connectivity index (χ3v) is 4.46. The number of carbonyl (C=O) groups excluding carboxylic acids is 1. The highest BCUT2D eigenvalue weighted by Gasteiger charge is 2.15. The molecule has 0 saturated carbocycles. The van der Waals surface area contributed by atoms with Gasteiger partial charge in [-0.3, -0.25) is 4.79 Å². The van der Waals surface area contributed by atoms with Crippen molar-refractivity contribution in [2.24, 2.45) is 5.92 Å².